The Bertz CT molecular complexity index is 1700. The van der Waals surface area contributed by atoms with Crippen molar-refractivity contribution in [3.8, 4) is 0 Å². The van der Waals surface area contributed by atoms with Gasteiger partial charge >= 0.3 is 17.9 Å². The molecule has 6 heteroatoms. The molecule has 0 N–H and O–H groups in total. The lowest BCUT2D eigenvalue weighted by Gasteiger charge is -2.18. The van der Waals surface area contributed by atoms with Crippen LogP contribution in [0.5, 0.6) is 0 Å². The van der Waals surface area contributed by atoms with Crippen molar-refractivity contribution in [1.29, 1.82) is 0 Å². The Morgan fingerprint density at radius 2 is 0.470 bits per heavy atom. The molecule has 0 aromatic carbocycles. The maximum Gasteiger partial charge on any atom is 0.306 e. The number of ether oxygens (including phenoxy) is 3. The lowest BCUT2D eigenvalue weighted by molar-refractivity contribution is -0.167. The fourth-order valence-corrected chi connectivity index (χ4v) is 9.68. The monoisotopic (exact) mass is 1150 g/mol. The van der Waals surface area contributed by atoms with Crippen LogP contribution in [0.3, 0.4) is 0 Å². The first-order chi connectivity index (χ1) is 41.0. The van der Waals surface area contributed by atoms with Gasteiger partial charge in [-0.1, -0.05) is 296 Å². The van der Waals surface area contributed by atoms with E-state index in [4.69, 9.17) is 14.2 Å². The molecule has 0 saturated heterocycles. The Morgan fingerprint density at radius 3 is 0.735 bits per heavy atom. The lowest BCUT2D eigenvalue weighted by Crippen LogP contribution is -2.30. The Labute approximate surface area is 513 Å². The standard InChI is InChI=1S/C77H130O6/c1-4-7-10-13-16-19-22-25-28-31-34-37-38-41-43-46-49-52-55-58-61-64-67-70-76(79)82-73-74(83-77(80)71-68-65-62-59-56-53-50-47-44-40-36-33-30-27-24-21-18-15-12-9-6-3)72-81-75(78)69-66-63-60-57-54-51-48-45-42-39-35-32-29-26-23-20-17-14-11-8-5-2/h7,10,16,19,23-28,32-37,41,43-44,47,74H,4-6,8-9,11-15,17-18,20-22,29-31,38-40,42,45-46,48-73H2,1-3H3/b10-7-,19-16-,26-23-,27-24-,28-25-,35-32-,36-33-,37-34-,43-41-,47-44-. The lowest BCUT2D eigenvalue weighted by atomic mass is 10.1. The van der Waals surface area contributed by atoms with Crippen LogP contribution in [0.25, 0.3) is 0 Å². The molecule has 1 atom stereocenters. The predicted octanol–water partition coefficient (Wildman–Crippen LogP) is 24.3. The van der Waals surface area contributed by atoms with Crippen LogP contribution in [-0.4, -0.2) is 37.2 Å². The minimum Gasteiger partial charge on any atom is -0.462 e. The quantitative estimate of drug-likeness (QED) is 0.0261. The summed E-state index contributed by atoms with van der Waals surface area (Å²) in [6.45, 7) is 6.51. The summed E-state index contributed by atoms with van der Waals surface area (Å²) < 4.78 is 17.0. The first-order valence-corrected chi connectivity index (χ1v) is 35.0. The molecule has 0 fully saturated rings. The van der Waals surface area contributed by atoms with E-state index in [1.165, 1.54) is 161 Å². The van der Waals surface area contributed by atoms with E-state index in [2.05, 4.69) is 142 Å². The molecule has 6 nitrogen and oxygen atoms in total. The minimum absolute atomic E-state index is 0.0909. The second kappa shape index (κ2) is 70.3. The zero-order chi connectivity index (χ0) is 59.9. The third-order valence-electron chi connectivity index (χ3n) is 14.9. The fraction of sp³-hybridized carbons (Fsp3) is 0.701. The average molecular weight is 1150 g/mol. The zero-order valence-corrected chi connectivity index (χ0v) is 54.4. The number of rotatable bonds is 63. The van der Waals surface area contributed by atoms with Gasteiger partial charge < -0.3 is 14.2 Å². The molecule has 474 valence electrons. The van der Waals surface area contributed by atoms with Crippen molar-refractivity contribution in [2.45, 2.75) is 335 Å². The first kappa shape index (κ1) is 78.8. The Balaban J connectivity index is 4.45. The van der Waals surface area contributed by atoms with Crippen LogP contribution in [0.15, 0.2) is 122 Å². The Morgan fingerprint density at radius 1 is 0.253 bits per heavy atom. The highest BCUT2D eigenvalue weighted by Crippen LogP contribution is 2.16. The highest BCUT2D eigenvalue weighted by Gasteiger charge is 2.19. The molecular weight excluding hydrogens is 1020 g/mol. The van der Waals surface area contributed by atoms with E-state index in [1.807, 2.05) is 0 Å². The second-order valence-electron chi connectivity index (χ2n) is 23.1. The molecule has 0 saturated carbocycles. The molecule has 0 radical (unpaired) electrons. The van der Waals surface area contributed by atoms with Gasteiger partial charge in [-0.05, 0) is 135 Å². The van der Waals surface area contributed by atoms with E-state index in [1.54, 1.807) is 0 Å². The predicted molar refractivity (Wildman–Crippen MR) is 362 cm³/mol. The molecular formula is C77H130O6. The summed E-state index contributed by atoms with van der Waals surface area (Å²) in [7, 11) is 0. The molecule has 83 heavy (non-hydrogen) atoms. The molecule has 0 rings (SSSR count). The maximum atomic E-state index is 13.0. The van der Waals surface area contributed by atoms with Gasteiger partial charge in [0, 0.05) is 19.3 Å². The molecule has 0 amide bonds. The fourth-order valence-electron chi connectivity index (χ4n) is 9.68. The summed E-state index contributed by atoms with van der Waals surface area (Å²) in [6.07, 6.45) is 97.7. The number of hydrogen-bond acceptors (Lipinski definition) is 6. The highest BCUT2D eigenvalue weighted by atomic mass is 16.6. The summed E-state index contributed by atoms with van der Waals surface area (Å²) in [4.78, 5) is 38.5. The van der Waals surface area contributed by atoms with Crippen molar-refractivity contribution in [1.82, 2.24) is 0 Å². The van der Waals surface area contributed by atoms with Gasteiger partial charge in [0.15, 0.2) is 6.10 Å². The molecule has 0 aliphatic rings. The van der Waals surface area contributed by atoms with E-state index < -0.39 is 6.10 Å². The maximum absolute atomic E-state index is 13.0. The molecule has 0 spiro atoms. The number of esters is 3. The van der Waals surface area contributed by atoms with Gasteiger partial charge in [-0.25, -0.2) is 0 Å². The van der Waals surface area contributed by atoms with Crippen molar-refractivity contribution in [2.24, 2.45) is 0 Å². The number of hydrogen-bond donors (Lipinski definition) is 0. The van der Waals surface area contributed by atoms with Crippen molar-refractivity contribution in [3.05, 3.63) is 122 Å². The van der Waals surface area contributed by atoms with Gasteiger partial charge in [-0.3, -0.25) is 14.4 Å². The van der Waals surface area contributed by atoms with E-state index in [9.17, 15) is 14.4 Å². The van der Waals surface area contributed by atoms with Gasteiger partial charge in [0.05, 0.1) is 0 Å². The summed E-state index contributed by atoms with van der Waals surface area (Å²) in [5.41, 5.74) is 0. The molecule has 0 bridgehead atoms. The van der Waals surface area contributed by atoms with Gasteiger partial charge in [0.1, 0.15) is 13.2 Å². The summed E-state index contributed by atoms with van der Waals surface area (Å²) in [5.74, 6) is -0.908. The van der Waals surface area contributed by atoms with Gasteiger partial charge in [-0.2, -0.15) is 0 Å². The van der Waals surface area contributed by atoms with Gasteiger partial charge in [0.2, 0.25) is 0 Å². The topological polar surface area (TPSA) is 78.9 Å². The van der Waals surface area contributed by atoms with Crippen LogP contribution < -0.4 is 0 Å². The first-order valence-electron chi connectivity index (χ1n) is 35.0. The van der Waals surface area contributed by atoms with Crippen molar-refractivity contribution in [3.63, 3.8) is 0 Å². The van der Waals surface area contributed by atoms with E-state index in [-0.39, 0.29) is 31.1 Å². The van der Waals surface area contributed by atoms with Gasteiger partial charge in [0.25, 0.3) is 0 Å². The van der Waals surface area contributed by atoms with E-state index in [0.717, 1.165) is 128 Å². The average Bonchev–Trinajstić information content (AvgIpc) is 3.49. The third-order valence-corrected chi connectivity index (χ3v) is 14.9. The second-order valence-corrected chi connectivity index (χ2v) is 23.1. The third kappa shape index (κ3) is 68.5. The van der Waals surface area contributed by atoms with Crippen LogP contribution in [0.1, 0.15) is 329 Å². The molecule has 0 heterocycles. The van der Waals surface area contributed by atoms with E-state index >= 15 is 0 Å². The van der Waals surface area contributed by atoms with E-state index in [0.29, 0.717) is 19.3 Å². The highest BCUT2D eigenvalue weighted by molar-refractivity contribution is 5.71. The molecule has 1 unspecified atom stereocenters. The zero-order valence-electron chi connectivity index (χ0n) is 54.4. The summed E-state index contributed by atoms with van der Waals surface area (Å²) in [5, 5.41) is 0. The largest absolute Gasteiger partial charge is 0.462 e. The van der Waals surface area contributed by atoms with Crippen LogP contribution in [0, 0.1) is 0 Å². The number of carbonyl (C=O) groups is 3. The number of allylic oxidation sites excluding steroid dienone is 20. The summed E-state index contributed by atoms with van der Waals surface area (Å²) in [6, 6.07) is 0. The molecule has 0 aromatic heterocycles. The number of unbranched alkanes of at least 4 members (excludes halogenated alkanes) is 32. The smallest absolute Gasteiger partial charge is 0.306 e. The van der Waals surface area contributed by atoms with Gasteiger partial charge in [-0.15, -0.1) is 0 Å². The van der Waals surface area contributed by atoms with Crippen molar-refractivity contribution >= 4 is 17.9 Å². The minimum atomic E-state index is -0.798. The van der Waals surface area contributed by atoms with Crippen LogP contribution in [0.4, 0.5) is 0 Å². The normalized spacial score (nSPS) is 12.9. The van der Waals surface area contributed by atoms with Crippen molar-refractivity contribution in [2.75, 3.05) is 13.2 Å². The van der Waals surface area contributed by atoms with Crippen LogP contribution in [-0.2, 0) is 28.6 Å². The molecule has 0 aromatic rings. The van der Waals surface area contributed by atoms with Crippen LogP contribution in [0.2, 0.25) is 0 Å². The van der Waals surface area contributed by atoms with Crippen molar-refractivity contribution < 1.29 is 28.6 Å². The summed E-state index contributed by atoms with van der Waals surface area (Å²) >= 11 is 0. The molecule has 0 aliphatic carbocycles. The van der Waals surface area contributed by atoms with Crippen LogP contribution >= 0.6 is 0 Å². The Kier molecular flexibility index (Phi) is 66.7. The Hall–Kier alpha value is -4.19. The SMILES string of the molecule is CC/C=C\C/C=C\C/C=C\C/C=C\C/C=C\CCCCCCCCCC(=O)OCC(COC(=O)CCCCCCCCCCC/C=C\C/C=C\CCCCCCC)OC(=O)CCCCCCCC/C=C\C/C=C\C/C=C\CCCCCCC. The molecule has 0 aliphatic heterocycles. The number of carbonyl (C=O) groups excluding carboxylic acids is 3.